The zero-order chi connectivity index (χ0) is 24.3. The van der Waals surface area contributed by atoms with Crippen LogP contribution < -0.4 is 5.32 Å². The van der Waals surface area contributed by atoms with Gasteiger partial charge in [-0.05, 0) is 31.2 Å². The van der Waals surface area contributed by atoms with Gasteiger partial charge in [0.2, 0.25) is 11.8 Å². The molecule has 10 heteroatoms. The molecule has 0 aliphatic carbocycles. The molecule has 0 saturated carbocycles. The van der Waals surface area contributed by atoms with Crippen molar-refractivity contribution in [3.05, 3.63) is 35.9 Å². The van der Waals surface area contributed by atoms with E-state index in [9.17, 15) is 19.2 Å². The third-order valence-electron chi connectivity index (χ3n) is 6.13. The quantitative estimate of drug-likeness (QED) is 0.556. The SMILES string of the molecule is O=C(O)CCNC(=O)[C@@H]1CCCN(C(=O)COC2CCN(C(=O)OCc3ccccc3)CC2)C1. The molecule has 34 heavy (non-hydrogen) atoms. The summed E-state index contributed by atoms with van der Waals surface area (Å²) in [6.07, 6.45) is 2.05. The van der Waals surface area contributed by atoms with E-state index >= 15 is 0 Å². The third-order valence-corrected chi connectivity index (χ3v) is 6.13. The van der Waals surface area contributed by atoms with Crippen LogP contribution >= 0.6 is 0 Å². The van der Waals surface area contributed by atoms with Crippen LogP contribution in [0.4, 0.5) is 4.79 Å². The van der Waals surface area contributed by atoms with Crippen LogP contribution in [0.2, 0.25) is 0 Å². The second kappa shape index (κ2) is 12.9. The van der Waals surface area contributed by atoms with Crippen molar-refractivity contribution in [1.82, 2.24) is 15.1 Å². The molecule has 1 aromatic rings. The van der Waals surface area contributed by atoms with Crippen molar-refractivity contribution in [2.75, 3.05) is 39.3 Å². The molecule has 0 aromatic heterocycles. The molecule has 0 spiro atoms. The minimum Gasteiger partial charge on any atom is -0.481 e. The number of hydrogen-bond acceptors (Lipinski definition) is 6. The van der Waals surface area contributed by atoms with Crippen molar-refractivity contribution >= 4 is 23.9 Å². The minimum absolute atomic E-state index is 0.0591. The lowest BCUT2D eigenvalue weighted by molar-refractivity contribution is -0.142. The van der Waals surface area contributed by atoms with Gasteiger partial charge in [-0.2, -0.15) is 0 Å². The summed E-state index contributed by atoms with van der Waals surface area (Å²) in [5, 5.41) is 11.3. The molecule has 2 aliphatic heterocycles. The zero-order valence-corrected chi connectivity index (χ0v) is 19.3. The molecule has 2 N–H and O–H groups in total. The number of benzene rings is 1. The molecule has 3 amide bonds. The maximum Gasteiger partial charge on any atom is 0.410 e. The third kappa shape index (κ3) is 8.02. The van der Waals surface area contributed by atoms with Gasteiger partial charge in [0.25, 0.3) is 0 Å². The van der Waals surface area contributed by atoms with Crippen LogP contribution in [0, 0.1) is 5.92 Å². The lowest BCUT2D eigenvalue weighted by Gasteiger charge is -2.34. The van der Waals surface area contributed by atoms with Gasteiger partial charge in [-0.25, -0.2) is 4.79 Å². The predicted molar refractivity (Wildman–Crippen MR) is 122 cm³/mol. The summed E-state index contributed by atoms with van der Waals surface area (Å²) < 4.78 is 11.2. The van der Waals surface area contributed by atoms with Gasteiger partial charge in [-0.3, -0.25) is 14.4 Å². The van der Waals surface area contributed by atoms with E-state index in [1.165, 1.54) is 0 Å². The maximum absolute atomic E-state index is 12.6. The number of rotatable bonds is 9. The van der Waals surface area contributed by atoms with E-state index in [0.29, 0.717) is 51.9 Å². The van der Waals surface area contributed by atoms with Gasteiger partial charge >= 0.3 is 12.1 Å². The number of carboxylic acid groups (broad SMARTS) is 1. The fourth-order valence-corrected chi connectivity index (χ4v) is 4.15. The van der Waals surface area contributed by atoms with Gasteiger partial charge < -0.3 is 29.7 Å². The number of carboxylic acids is 1. The van der Waals surface area contributed by atoms with Gasteiger partial charge in [0.15, 0.2) is 0 Å². The number of nitrogens with one attached hydrogen (secondary N) is 1. The number of piperidine rings is 2. The average Bonchev–Trinajstić information content (AvgIpc) is 2.86. The van der Waals surface area contributed by atoms with Crippen molar-refractivity contribution < 1.29 is 33.8 Å². The average molecular weight is 476 g/mol. The highest BCUT2D eigenvalue weighted by molar-refractivity contribution is 5.82. The first-order valence-electron chi connectivity index (χ1n) is 11.8. The first-order chi connectivity index (χ1) is 16.4. The molecular formula is C24H33N3O7. The lowest BCUT2D eigenvalue weighted by Crippen LogP contribution is -2.47. The Labute approximate surface area is 199 Å². The summed E-state index contributed by atoms with van der Waals surface area (Å²) in [7, 11) is 0. The Morgan fingerprint density at radius 1 is 1.00 bits per heavy atom. The predicted octanol–water partition coefficient (Wildman–Crippen LogP) is 1.63. The molecule has 3 rings (SSSR count). The van der Waals surface area contributed by atoms with Crippen LogP contribution in [0.3, 0.4) is 0 Å². The minimum atomic E-state index is -0.965. The second-order valence-corrected chi connectivity index (χ2v) is 8.65. The molecule has 2 fully saturated rings. The number of likely N-dealkylation sites (tertiary alicyclic amines) is 2. The molecule has 2 heterocycles. The number of aliphatic carboxylic acids is 1. The second-order valence-electron chi connectivity index (χ2n) is 8.65. The molecule has 10 nitrogen and oxygen atoms in total. The normalized spacial score (nSPS) is 18.9. The Bertz CT molecular complexity index is 840. The van der Waals surface area contributed by atoms with Crippen molar-refractivity contribution in [2.24, 2.45) is 5.92 Å². The number of hydrogen-bond donors (Lipinski definition) is 2. The number of carbonyl (C=O) groups excluding carboxylic acids is 3. The van der Waals surface area contributed by atoms with E-state index in [2.05, 4.69) is 5.32 Å². The van der Waals surface area contributed by atoms with Crippen LogP contribution in [0.25, 0.3) is 0 Å². The number of nitrogens with zero attached hydrogens (tertiary/aromatic N) is 2. The van der Waals surface area contributed by atoms with Crippen LogP contribution in [-0.2, 0) is 30.5 Å². The summed E-state index contributed by atoms with van der Waals surface area (Å²) in [4.78, 5) is 51.0. The molecule has 2 aliphatic rings. The van der Waals surface area contributed by atoms with Gasteiger partial charge in [0.05, 0.1) is 18.4 Å². The Kier molecular flexibility index (Phi) is 9.69. The highest BCUT2D eigenvalue weighted by Crippen LogP contribution is 2.19. The van der Waals surface area contributed by atoms with Crippen LogP contribution in [0.5, 0.6) is 0 Å². The molecule has 0 bridgehead atoms. The topological polar surface area (TPSA) is 125 Å². The van der Waals surface area contributed by atoms with E-state index < -0.39 is 5.97 Å². The summed E-state index contributed by atoms with van der Waals surface area (Å²) in [6.45, 7) is 2.17. The summed E-state index contributed by atoms with van der Waals surface area (Å²) >= 11 is 0. The van der Waals surface area contributed by atoms with E-state index in [1.807, 2.05) is 30.3 Å². The summed E-state index contributed by atoms with van der Waals surface area (Å²) in [6, 6.07) is 9.51. The Hall–Kier alpha value is -3.14. The molecule has 2 saturated heterocycles. The maximum atomic E-state index is 12.6. The smallest absolute Gasteiger partial charge is 0.410 e. The van der Waals surface area contributed by atoms with Crippen molar-refractivity contribution in [1.29, 1.82) is 0 Å². The van der Waals surface area contributed by atoms with Gasteiger partial charge in [0, 0.05) is 32.7 Å². The number of carbonyl (C=O) groups is 4. The molecule has 1 aromatic carbocycles. The zero-order valence-electron chi connectivity index (χ0n) is 19.3. The Morgan fingerprint density at radius 3 is 2.44 bits per heavy atom. The Balaban J connectivity index is 1.33. The highest BCUT2D eigenvalue weighted by Gasteiger charge is 2.30. The fraction of sp³-hybridized carbons (Fsp3) is 0.583. The molecule has 0 radical (unpaired) electrons. The molecule has 0 unspecified atom stereocenters. The van der Waals surface area contributed by atoms with Crippen LogP contribution in [-0.4, -0.2) is 84.2 Å². The fourth-order valence-electron chi connectivity index (χ4n) is 4.15. The number of amides is 3. The van der Waals surface area contributed by atoms with Gasteiger partial charge in [0.1, 0.15) is 13.2 Å². The first-order valence-corrected chi connectivity index (χ1v) is 11.8. The molecular weight excluding hydrogens is 442 g/mol. The largest absolute Gasteiger partial charge is 0.481 e. The van der Waals surface area contributed by atoms with Crippen molar-refractivity contribution in [2.45, 2.75) is 44.8 Å². The van der Waals surface area contributed by atoms with Crippen molar-refractivity contribution in [3.8, 4) is 0 Å². The highest BCUT2D eigenvalue weighted by atomic mass is 16.6. The lowest BCUT2D eigenvalue weighted by atomic mass is 9.97. The number of ether oxygens (including phenoxy) is 2. The molecule has 186 valence electrons. The van der Waals surface area contributed by atoms with Gasteiger partial charge in [-0.1, -0.05) is 30.3 Å². The van der Waals surface area contributed by atoms with E-state index in [-0.39, 0.29) is 56.1 Å². The van der Waals surface area contributed by atoms with E-state index in [4.69, 9.17) is 14.6 Å². The standard InChI is InChI=1S/C24H33N3O7/c28-21(27-12-4-7-19(15-27)23(31)25-11-8-22(29)30)17-33-20-9-13-26(14-10-20)24(32)34-16-18-5-2-1-3-6-18/h1-3,5-6,19-20H,4,7-17H2,(H,25,31)(H,29,30)/t19-/m1/s1. The van der Waals surface area contributed by atoms with Crippen molar-refractivity contribution in [3.63, 3.8) is 0 Å². The Morgan fingerprint density at radius 2 is 1.74 bits per heavy atom. The van der Waals surface area contributed by atoms with E-state index in [1.54, 1.807) is 9.80 Å². The first kappa shape index (κ1) is 25.5. The van der Waals surface area contributed by atoms with Gasteiger partial charge in [-0.15, -0.1) is 0 Å². The van der Waals surface area contributed by atoms with E-state index in [0.717, 1.165) is 5.56 Å². The monoisotopic (exact) mass is 475 g/mol. The van der Waals surface area contributed by atoms with Crippen LogP contribution in [0.1, 0.15) is 37.7 Å². The molecule has 1 atom stereocenters. The summed E-state index contributed by atoms with van der Waals surface area (Å²) in [5.41, 5.74) is 0.935. The summed E-state index contributed by atoms with van der Waals surface area (Å²) in [5.74, 6) is -1.68. The van der Waals surface area contributed by atoms with Crippen LogP contribution in [0.15, 0.2) is 30.3 Å².